The number of hydrogen-bond donors (Lipinski definition) is 1. The van der Waals surface area contributed by atoms with E-state index in [0.29, 0.717) is 12.2 Å². The van der Waals surface area contributed by atoms with Gasteiger partial charge in [0.1, 0.15) is 11.6 Å². The van der Waals surface area contributed by atoms with Gasteiger partial charge in [0.05, 0.1) is 12.7 Å². The minimum absolute atomic E-state index is 0.278. The average molecular weight is 432 g/mol. The van der Waals surface area contributed by atoms with Gasteiger partial charge < -0.3 is 9.84 Å². The third kappa shape index (κ3) is 4.95. The second-order valence-electron chi connectivity index (χ2n) is 6.89. The van der Waals surface area contributed by atoms with Crippen molar-refractivity contribution >= 4 is 17.7 Å². The van der Waals surface area contributed by atoms with Gasteiger partial charge in [-0.05, 0) is 47.5 Å². The van der Waals surface area contributed by atoms with Gasteiger partial charge in [0, 0.05) is 17.9 Å². The molecule has 0 aliphatic rings. The van der Waals surface area contributed by atoms with Gasteiger partial charge in [-0.15, -0.1) is 10.2 Å². The smallest absolute Gasteiger partial charge is 0.335 e. The van der Waals surface area contributed by atoms with Crippen LogP contribution in [-0.4, -0.2) is 33.0 Å². The zero-order valence-electron chi connectivity index (χ0n) is 16.9. The molecule has 0 radical (unpaired) electrons. The monoisotopic (exact) mass is 431 g/mol. The van der Waals surface area contributed by atoms with Crippen LogP contribution in [0, 0.1) is 0 Å². The second-order valence-corrected chi connectivity index (χ2v) is 7.83. The molecule has 0 atom stereocenters. The van der Waals surface area contributed by atoms with Crippen LogP contribution in [0.4, 0.5) is 0 Å². The number of carboxylic acids is 1. The molecule has 1 N–H and O–H groups in total. The predicted octanol–water partition coefficient (Wildman–Crippen LogP) is 4.86. The topological polar surface area (TPSA) is 77.2 Å². The number of carbonyl (C=O) groups is 1. The zero-order valence-corrected chi connectivity index (χ0v) is 17.7. The first-order chi connectivity index (χ1) is 15.1. The number of aromatic nitrogens is 3. The molecule has 0 saturated heterocycles. The minimum Gasteiger partial charge on any atom is -0.497 e. The molecule has 6 nitrogen and oxygen atoms in total. The lowest BCUT2D eigenvalue weighted by molar-refractivity contribution is 0.0697. The Hall–Kier alpha value is -3.58. The van der Waals surface area contributed by atoms with Crippen LogP contribution >= 0.6 is 11.8 Å². The maximum atomic E-state index is 11.1. The summed E-state index contributed by atoms with van der Waals surface area (Å²) in [5, 5.41) is 18.8. The summed E-state index contributed by atoms with van der Waals surface area (Å²) < 4.78 is 7.35. The van der Waals surface area contributed by atoms with Crippen LogP contribution in [0.5, 0.6) is 5.75 Å². The Morgan fingerprint density at radius 2 is 1.65 bits per heavy atom. The molecule has 0 aliphatic carbocycles. The molecule has 4 rings (SSSR count). The van der Waals surface area contributed by atoms with Crippen LogP contribution in [0.1, 0.15) is 27.3 Å². The maximum Gasteiger partial charge on any atom is 0.335 e. The molecule has 0 saturated carbocycles. The van der Waals surface area contributed by atoms with Crippen molar-refractivity contribution in [3.63, 3.8) is 0 Å². The Kier molecular flexibility index (Phi) is 6.33. The summed E-state index contributed by atoms with van der Waals surface area (Å²) in [4.78, 5) is 11.1. The van der Waals surface area contributed by atoms with Gasteiger partial charge in [0.25, 0.3) is 0 Å². The number of hydrogen-bond acceptors (Lipinski definition) is 5. The highest BCUT2D eigenvalue weighted by atomic mass is 32.2. The van der Waals surface area contributed by atoms with Crippen LogP contribution in [0.15, 0.2) is 84.0 Å². The normalized spacial score (nSPS) is 10.7. The van der Waals surface area contributed by atoms with E-state index in [1.807, 2.05) is 54.6 Å². The summed E-state index contributed by atoms with van der Waals surface area (Å²) in [5.74, 6) is 1.36. The molecule has 0 aliphatic heterocycles. The second kappa shape index (κ2) is 9.49. The summed E-state index contributed by atoms with van der Waals surface area (Å²) in [6.07, 6.45) is 0.660. The van der Waals surface area contributed by atoms with Gasteiger partial charge in [0.15, 0.2) is 5.16 Å². The van der Waals surface area contributed by atoms with E-state index in [-0.39, 0.29) is 5.56 Å². The van der Waals surface area contributed by atoms with E-state index in [1.54, 1.807) is 31.0 Å². The molecule has 156 valence electrons. The van der Waals surface area contributed by atoms with Crippen molar-refractivity contribution in [1.82, 2.24) is 14.8 Å². The van der Waals surface area contributed by atoms with Crippen LogP contribution in [0.25, 0.3) is 5.69 Å². The van der Waals surface area contributed by atoms with E-state index in [2.05, 4.69) is 26.9 Å². The number of methoxy groups -OCH3 is 1. The van der Waals surface area contributed by atoms with E-state index in [0.717, 1.165) is 33.5 Å². The lowest BCUT2D eigenvalue weighted by atomic mass is 10.1. The van der Waals surface area contributed by atoms with Crippen molar-refractivity contribution in [3.8, 4) is 11.4 Å². The number of rotatable bonds is 8. The third-order valence-electron chi connectivity index (χ3n) is 4.80. The summed E-state index contributed by atoms with van der Waals surface area (Å²) >= 11 is 1.56. The van der Waals surface area contributed by atoms with Crippen LogP contribution in [0.2, 0.25) is 0 Å². The van der Waals surface area contributed by atoms with E-state index in [1.165, 1.54) is 0 Å². The Balaban J connectivity index is 1.62. The zero-order chi connectivity index (χ0) is 21.6. The Bertz CT molecular complexity index is 1160. The quantitative estimate of drug-likeness (QED) is 0.402. The highest BCUT2D eigenvalue weighted by Gasteiger charge is 2.15. The predicted molar refractivity (Wildman–Crippen MR) is 120 cm³/mol. The van der Waals surface area contributed by atoms with E-state index >= 15 is 0 Å². The van der Waals surface area contributed by atoms with Crippen LogP contribution in [-0.2, 0) is 12.2 Å². The number of aromatic carboxylic acids is 1. The summed E-state index contributed by atoms with van der Waals surface area (Å²) in [6.45, 7) is 0. The van der Waals surface area contributed by atoms with Crippen molar-refractivity contribution in [3.05, 3.63) is 101 Å². The molecule has 0 amide bonds. The molecule has 4 aromatic rings. The highest BCUT2D eigenvalue weighted by molar-refractivity contribution is 7.98. The Morgan fingerprint density at radius 1 is 0.935 bits per heavy atom. The maximum absolute atomic E-state index is 11.1. The first-order valence-corrected chi connectivity index (χ1v) is 10.7. The number of ether oxygens (including phenoxy) is 1. The first-order valence-electron chi connectivity index (χ1n) is 9.72. The summed E-state index contributed by atoms with van der Waals surface area (Å²) in [6, 6.07) is 24.9. The molecule has 0 fully saturated rings. The van der Waals surface area contributed by atoms with E-state index in [9.17, 15) is 4.79 Å². The Labute approximate surface area is 184 Å². The number of nitrogens with zero attached hydrogens (tertiary/aromatic N) is 3. The fourth-order valence-corrected chi connectivity index (χ4v) is 4.10. The lowest BCUT2D eigenvalue weighted by Gasteiger charge is -2.11. The van der Waals surface area contributed by atoms with Crippen molar-refractivity contribution in [2.24, 2.45) is 0 Å². The van der Waals surface area contributed by atoms with Gasteiger partial charge in [0.2, 0.25) is 0 Å². The highest BCUT2D eigenvalue weighted by Crippen LogP contribution is 2.27. The standard InChI is InChI=1S/C24H21N3O3S/c1-30-21-13-11-20(12-14-21)27-22(15-17-5-3-2-4-6-17)25-26-24(27)31-16-18-7-9-19(10-8-18)23(28)29/h2-14H,15-16H2,1H3,(H,28,29). The van der Waals surface area contributed by atoms with E-state index in [4.69, 9.17) is 9.84 Å². The van der Waals surface area contributed by atoms with Crippen molar-refractivity contribution in [1.29, 1.82) is 0 Å². The third-order valence-corrected chi connectivity index (χ3v) is 5.80. The fraction of sp³-hybridized carbons (Fsp3) is 0.125. The SMILES string of the molecule is COc1ccc(-n2c(Cc3ccccc3)nnc2SCc2ccc(C(=O)O)cc2)cc1. The molecular weight excluding hydrogens is 410 g/mol. The number of benzene rings is 3. The molecule has 3 aromatic carbocycles. The molecule has 7 heteroatoms. The van der Waals surface area contributed by atoms with Crippen LogP contribution < -0.4 is 4.74 Å². The fourth-order valence-electron chi connectivity index (χ4n) is 3.17. The molecular formula is C24H21N3O3S. The van der Waals surface area contributed by atoms with Gasteiger partial charge in [-0.1, -0.05) is 54.2 Å². The Morgan fingerprint density at radius 3 is 2.29 bits per heavy atom. The van der Waals surface area contributed by atoms with E-state index < -0.39 is 5.97 Å². The van der Waals surface area contributed by atoms with Gasteiger partial charge in [-0.3, -0.25) is 4.57 Å². The van der Waals surface area contributed by atoms with Crippen molar-refractivity contribution in [2.45, 2.75) is 17.3 Å². The first kappa shape index (κ1) is 20.7. The van der Waals surface area contributed by atoms with Crippen molar-refractivity contribution < 1.29 is 14.6 Å². The number of carboxylic acid groups (broad SMARTS) is 1. The molecule has 0 spiro atoms. The average Bonchev–Trinajstić information content (AvgIpc) is 3.21. The molecule has 0 unspecified atom stereocenters. The van der Waals surface area contributed by atoms with Crippen LogP contribution in [0.3, 0.4) is 0 Å². The summed E-state index contributed by atoms with van der Waals surface area (Å²) in [7, 11) is 1.64. The van der Waals surface area contributed by atoms with Gasteiger partial charge >= 0.3 is 5.97 Å². The lowest BCUT2D eigenvalue weighted by Crippen LogP contribution is -2.04. The largest absolute Gasteiger partial charge is 0.497 e. The van der Waals surface area contributed by atoms with Gasteiger partial charge in [-0.2, -0.15) is 0 Å². The molecule has 1 heterocycles. The minimum atomic E-state index is -0.927. The molecule has 0 bridgehead atoms. The van der Waals surface area contributed by atoms with Crippen molar-refractivity contribution in [2.75, 3.05) is 7.11 Å². The number of thioether (sulfide) groups is 1. The molecule has 31 heavy (non-hydrogen) atoms. The summed E-state index contributed by atoms with van der Waals surface area (Å²) in [5.41, 5.74) is 3.41. The van der Waals surface area contributed by atoms with Gasteiger partial charge in [-0.25, -0.2) is 4.79 Å². The molecule has 1 aromatic heterocycles.